The van der Waals surface area contributed by atoms with Crippen LogP contribution in [0.2, 0.25) is 0 Å². The fraction of sp³-hybridized carbons (Fsp3) is 0.800. The Bertz CT molecular complexity index is 90.7. The van der Waals surface area contributed by atoms with E-state index in [2.05, 4.69) is 18.7 Å². The van der Waals surface area contributed by atoms with Crippen molar-refractivity contribution in [3.63, 3.8) is 0 Å². The summed E-state index contributed by atoms with van der Waals surface area (Å²) in [5, 5.41) is 8.27. The molecule has 0 amide bonds. The smallest absolute Gasteiger partial charge is 0.0964 e. The van der Waals surface area contributed by atoms with Crippen LogP contribution in [0.4, 0.5) is 0 Å². The highest BCUT2D eigenvalue weighted by molar-refractivity contribution is 7.82. The molecule has 0 heterocycles. The van der Waals surface area contributed by atoms with Crippen molar-refractivity contribution in [2.45, 2.75) is 25.0 Å². The molecule has 0 aromatic carbocycles. The molecule has 0 N–H and O–H groups in total. The van der Waals surface area contributed by atoms with Gasteiger partial charge in [0.25, 0.3) is 0 Å². The molecule has 1 unspecified atom stereocenters. The van der Waals surface area contributed by atoms with Gasteiger partial charge in [-0.25, -0.2) is 0 Å². The Morgan fingerprint density at radius 1 is 1.86 bits per heavy atom. The second-order valence-electron chi connectivity index (χ2n) is 1.74. The Labute approximate surface area is 49.7 Å². The minimum Gasteiger partial charge on any atom is -0.197 e. The van der Waals surface area contributed by atoms with E-state index in [9.17, 15) is 0 Å². The quantitative estimate of drug-likeness (QED) is 0.516. The van der Waals surface area contributed by atoms with Crippen LogP contribution in [0.15, 0.2) is 0 Å². The molecule has 40 valence electrons. The second kappa shape index (κ2) is 2.23. The number of nitriles is 1. The molecule has 0 aromatic heterocycles. The zero-order valence-corrected chi connectivity index (χ0v) is 5.50. The summed E-state index contributed by atoms with van der Waals surface area (Å²) in [6.45, 7) is 3.74. The summed E-state index contributed by atoms with van der Waals surface area (Å²) >= 11 is 4.03. The minimum absolute atomic E-state index is 0.417. The molecule has 2 heteroatoms. The number of thiol groups is 1. The van der Waals surface area contributed by atoms with Gasteiger partial charge in [0.15, 0.2) is 0 Å². The molecule has 0 rings (SSSR count). The molecule has 0 fully saturated rings. The van der Waals surface area contributed by atoms with E-state index in [1.54, 1.807) is 6.92 Å². The SMILES string of the molecule is CCC(C)(S)C#N. The van der Waals surface area contributed by atoms with Crippen molar-refractivity contribution < 1.29 is 0 Å². The largest absolute Gasteiger partial charge is 0.197 e. The number of nitrogens with zero attached hydrogens (tertiary/aromatic N) is 1. The first-order valence-electron chi connectivity index (χ1n) is 2.26. The molecule has 0 aliphatic carbocycles. The summed E-state index contributed by atoms with van der Waals surface area (Å²) in [4.78, 5) is 0. The molecule has 0 aromatic rings. The summed E-state index contributed by atoms with van der Waals surface area (Å²) < 4.78 is -0.417. The topological polar surface area (TPSA) is 23.8 Å². The molecule has 7 heavy (non-hydrogen) atoms. The van der Waals surface area contributed by atoms with Gasteiger partial charge in [-0.15, -0.1) is 0 Å². The van der Waals surface area contributed by atoms with E-state index in [0.29, 0.717) is 0 Å². The van der Waals surface area contributed by atoms with Gasteiger partial charge in [0, 0.05) is 0 Å². The summed E-state index contributed by atoms with van der Waals surface area (Å²) in [6.07, 6.45) is 0.798. The zero-order chi connectivity index (χ0) is 5.91. The van der Waals surface area contributed by atoms with Crippen molar-refractivity contribution in [3.05, 3.63) is 0 Å². The third kappa shape index (κ3) is 2.52. The van der Waals surface area contributed by atoms with Crippen LogP contribution in [0.1, 0.15) is 20.3 Å². The standard InChI is InChI=1S/C5H9NS/c1-3-5(2,7)4-6/h7H,3H2,1-2H3. The van der Waals surface area contributed by atoms with Crippen LogP contribution >= 0.6 is 12.6 Å². The van der Waals surface area contributed by atoms with Crippen LogP contribution in [0.5, 0.6) is 0 Å². The van der Waals surface area contributed by atoms with Gasteiger partial charge >= 0.3 is 0 Å². The maximum atomic E-state index is 8.27. The van der Waals surface area contributed by atoms with Crippen molar-refractivity contribution >= 4 is 12.6 Å². The van der Waals surface area contributed by atoms with Crippen molar-refractivity contribution in [1.82, 2.24) is 0 Å². The van der Waals surface area contributed by atoms with Crippen molar-refractivity contribution in [3.8, 4) is 6.07 Å². The normalized spacial score (nSPS) is 17.4. The predicted molar refractivity (Wildman–Crippen MR) is 33.3 cm³/mol. The lowest BCUT2D eigenvalue weighted by molar-refractivity contribution is 0.775. The van der Waals surface area contributed by atoms with Crippen molar-refractivity contribution in [1.29, 1.82) is 5.26 Å². The zero-order valence-electron chi connectivity index (χ0n) is 4.60. The Hall–Kier alpha value is -0.160. The van der Waals surface area contributed by atoms with E-state index in [-0.39, 0.29) is 0 Å². The molecule has 0 radical (unpaired) electrons. The molecular formula is C5H9NS. The van der Waals surface area contributed by atoms with Gasteiger partial charge in [0.05, 0.1) is 10.8 Å². The maximum Gasteiger partial charge on any atom is 0.0964 e. The molecule has 1 nitrogen and oxygen atoms in total. The fourth-order valence-electron chi connectivity index (χ4n) is 0.0791. The van der Waals surface area contributed by atoms with Crippen molar-refractivity contribution in [2.24, 2.45) is 0 Å². The van der Waals surface area contributed by atoms with E-state index in [4.69, 9.17) is 5.26 Å². The van der Waals surface area contributed by atoms with Crippen LogP contribution < -0.4 is 0 Å². The first kappa shape index (κ1) is 6.84. The molecule has 0 bridgehead atoms. The van der Waals surface area contributed by atoms with Gasteiger partial charge < -0.3 is 0 Å². The lowest BCUT2D eigenvalue weighted by Crippen LogP contribution is -2.09. The molecule has 0 saturated carbocycles. The van der Waals surface area contributed by atoms with Crippen molar-refractivity contribution in [2.75, 3.05) is 0 Å². The van der Waals surface area contributed by atoms with E-state index in [1.165, 1.54) is 0 Å². The van der Waals surface area contributed by atoms with Crippen LogP contribution in [0.3, 0.4) is 0 Å². The minimum atomic E-state index is -0.417. The summed E-state index contributed by atoms with van der Waals surface area (Å²) in [5.41, 5.74) is 0. The van der Waals surface area contributed by atoms with Gasteiger partial charge in [0.2, 0.25) is 0 Å². The fourth-order valence-corrected chi connectivity index (χ4v) is 0.0791. The monoisotopic (exact) mass is 115 g/mol. The summed E-state index contributed by atoms with van der Waals surface area (Å²) in [7, 11) is 0. The summed E-state index contributed by atoms with van der Waals surface area (Å²) in [6, 6.07) is 2.06. The molecule has 0 aliphatic heterocycles. The van der Waals surface area contributed by atoms with E-state index in [1.807, 2.05) is 6.92 Å². The maximum absolute atomic E-state index is 8.27. The number of rotatable bonds is 1. The van der Waals surface area contributed by atoms with Crippen LogP contribution in [-0.4, -0.2) is 4.75 Å². The highest BCUT2D eigenvalue weighted by atomic mass is 32.1. The molecule has 1 atom stereocenters. The van der Waals surface area contributed by atoms with Gasteiger partial charge in [0.1, 0.15) is 0 Å². The third-order valence-electron chi connectivity index (χ3n) is 0.929. The number of hydrogen-bond donors (Lipinski definition) is 1. The van der Waals surface area contributed by atoms with Gasteiger partial charge in [-0.2, -0.15) is 17.9 Å². The molecule has 0 aliphatic rings. The molecular weight excluding hydrogens is 106 g/mol. The Morgan fingerprint density at radius 3 is 2.29 bits per heavy atom. The summed E-state index contributed by atoms with van der Waals surface area (Å²) in [5.74, 6) is 0. The molecule has 0 spiro atoms. The van der Waals surface area contributed by atoms with E-state index in [0.717, 1.165) is 6.42 Å². The lowest BCUT2D eigenvalue weighted by atomic mass is 10.1. The average Bonchev–Trinajstić information content (AvgIpc) is 1.68. The van der Waals surface area contributed by atoms with Crippen LogP contribution in [-0.2, 0) is 0 Å². The molecule has 0 saturated heterocycles. The van der Waals surface area contributed by atoms with E-state index < -0.39 is 4.75 Å². The van der Waals surface area contributed by atoms with Crippen LogP contribution in [0.25, 0.3) is 0 Å². The Kier molecular flexibility index (Phi) is 2.17. The van der Waals surface area contributed by atoms with Crippen LogP contribution in [0, 0.1) is 11.3 Å². The second-order valence-corrected chi connectivity index (χ2v) is 2.73. The first-order chi connectivity index (χ1) is 3.12. The number of hydrogen-bond acceptors (Lipinski definition) is 2. The Balaban J connectivity index is 3.66. The highest BCUT2D eigenvalue weighted by Crippen LogP contribution is 2.14. The predicted octanol–water partition coefficient (Wildman–Crippen LogP) is 1.61. The van der Waals surface area contributed by atoms with Gasteiger partial charge in [-0.1, -0.05) is 6.92 Å². The third-order valence-corrected chi connectivity index (χ3v) is 1.35. The Morgan fingerprint density at radius 2 is 2.29 bits per heavy atom. The average molecular weight is 115 g/mol. The highest BCUT2D eigenvalue weighted by Gasteiger charge is 2.12. The first-order valence-corrected chi connectivity index (χ1v) is 2.71. The lowest BCUT2D eigenvalue weighted by Gasteiger charge is -2.07. The van der Waals surface area contributed by atoms with E-state index >= 15 is 0 Å². The van der Waals surface area contributed by atoms with Gasteiger partial charge in [-0.3, -0.25) is 0 Å². The van der Waals surface area contributed by atoms with Gasteiger partial charge in [-0.05, 0) is 13.3 Å².